The van der Waals surface area contributed by atoms with E-state index < -0.39 is 34.9 Å². The first kappa shape index (κ1) is 25.6. The minimum absolute atomic E-state index is 0.0668. The summed E-state index contributed by atoms with van der Waals surface area (Å²) in [6.07, 6.45) is -2.14. The van der Waals surface area contributed by atoms with Gasteiger partial charge in [0, 0.05) is 29.0 Å². The summed E-state index contributed by atoms with van der Waals surface area (Å²) in [5, 5.41) is 8.97. The lowest BCUT2D eigenvalue weighted by molar-refractivity contribution is -0.137. The molecule has 0 spiro atoms. The van der Waals surface area contributed by atoms with Crippen LogP contribution in [0.3, 0.4) is 0 Å². The zero-order chi connectivity index (χ0) is 25.2. The van der Waals surface area contributed by atoms with Crippen LogP contribution in [0.4, 0.5) is 17.6 Å². The van der Waals surface area contributed by atoms with Gasteiger partial charge in [0.25, 0.3) is 0 Å². The number of amides is 2. The molecule has 5 nitrogen and oxygen atoms in total. The van der Waals surface area contributed by atoms with Crippen LogP contribution in [0.25, 0.3) is 0 Å². The van der Waals surface area contributed by atoms with Crippen LogP contribution in [0.5, 0.6) is 0 Å². The molecule has 2 aliphatic rings. The molecule has 1 saturated heterocycles. The number of alkyl halides is 3. The first-order valence-electron chi connectivity index (χ1n) is 11.5. The molecule has 2 aromatic rings. The number of carbonyl (C=O) groups excluding carboxylic acids is 2. The summed E-state index contributed by atoms with van der Waals surface area (Å²) in [4.78, 5) is 26.5. The normalized spacial score (nSPS) is 20.1. The number of hydrogen-bond acceptors (Lipinski definition) is 3. The molecule has 2 aromatic carbocycles. The van der Waals surface area contributed by atoms with Crippen LogP contribution in [0.1, 0.15) is 42.4 Å². The molecule has 2 fully saturated rings. The maximum absolute atomic E-state index is 14.7. The average Bonchev–Trinajstić information content (AvgIpc) is 3.62. The molecule has 1 heterocycles. The summed E-state index contributed by atoms with van der Waals surface area (Å²) in [5.74, 6) is -1.98. The van der Waals surface area contributed by atoms with E-state index in [1.165, 1.54) is 0 Å². The monoisotopic (exact) mass is 555 g/mol. The Balaban J connectivity index is 1.54. The summed E-state index contributed by atoms with van der Waals surface area (Å²) in [6, 6.07) is 8.58. The van der Waals surface area contributed by atoms with Gasteiger partial charge in [0.1, 0.15) is 11.9 Å². The first-order chi connectivity index (χ1) is 16.6. The fraction of sp³-hybridized carbons (Fsp3) is 0.440. The molecule has 1 aliphatic heterocycles. The van der Waals surface area contributed by atoms with Crippen molar-refractivity contribution in [2.75, 3.05) is 13.1 Å². The summed E-state index contributed by atoms with van der Waals surface area (Å²) in [6.45, 7) is 1.51. The highest BCUT2D eigenvalue weighted by molar-refractivity contribution is 9.10. The standard InChI is InChI=1S/C25H26BrF4N3O2/c26-17-6-3-15(4-7-17)12-21(22(34)32-18-2-1-11-31-14-18)33-23(35)24(9-10-24)19-8-5-16(13-20(19)27)25(28,29)30/h3-8,13,18,21,31H,1-2,9-12,14H2,(H,32,34)(H,33,35)/t18-,21+/m1/s1. The van der Waals surface area contributed by atoms with Crippen molar-refractivity contribution in [2.45, 2.75) is 55.8 Å². The molecule has 188 valence electrons. The lowest BCUT2D eigenvalue weighted by atomic mass is 9.92. The first-order valence-corrected chi connectivity index (χ1v) is 12.3. The molecule has 0 bridgehead atoms. The maximum Gasteiger partial charge on any atom is 0.416 e. The van der Waals surface area contributed by atoms with E-state index in [9.17, 15) is 27.2 Å². The largest absolute Gasteiger partial charge is 0.416 e. The molecule has 1 aliphatic carbocycles. The highest BCUT2D eigenvalue weighted by atomic mass is 79.9. The Hall–Kier alpha value is -2.46. The van der Waals surface area contributed by atoms with E-state index in [1.54, 1.807) is 0 Å². The van der Waals surface area contributed by atoms with Gasteiger partial charge in [-0.05, 0) is 62.1 Å². The Bertz CT molecular complexity index is 1080. The third-order valence-electron chi connectivity index (χ3n) is 6.61. The van der Waals surface area contributed by atoms with Gasteiger partial charge in [0.2, 0.25) is 11.8 Å². The van der Waals surface area contributed by atoms with E-state index in [4.69, 9.17) is 0 Å². The molecule has 1 saturated carbocycles. The number of hydrogen-bond donors (Lipinski definition) is 3. The molecular formula is C25H26BrF4N3O2. The number of halogens is 5. The molecule has 0 radical (unpaired) electrons. The van der Waals surface area contributed by atoms with E-state index in [1.807, 2.05) is 24.3 Å². The number of benzene rings is 2. The minimum atomic E-state index is -4.68. The molecule has 10 heteroatoms. The van der Waals surface area contributed by atoms with Crippen molar-refractivity contribution in [2.24, 2.45) is 0 Å². The predicted molar refractivity (Wildman–Crippen MR) is 126 cm³/mol. The third kappa shape index (κ3) is 6.03. The van der Waals surface area contributed by atoms with Crippen molar-refractivity contribution in [1.29, 1.82) is 0 Å². The summed E-state index contributed by atoms with van der Waals surface area (Å²) >= 11 is 3.37. The van der Waals surface area contributed by atoms with Crippen LogP contribution in [-0.4, -0.2) is 37.0 Å². The zero-order valence-corrected chi connectivity index (χ0v) is 20.4. The highest BCUT2D eigenvalue weighted by Crippen LogP contribution is 2.50. The Kier molecular flexibility index (Phi) is 7.51. The second kappa shape index (κ2) is 10.3. The zero-order valence-electron chi connectivity index (χ0n) is 18.9. The number of piperidine rings is 1. The second-order valence-corrected chi connectivity index (χ2v) is 10.1. The molecule has 3 N–H and O–H groups in total. The van der Waals surface area contributed by atoms with E-state index in [-0.39, 0.29) is 23.9 Å². The topological polar surface area (TPSA) is 70.2 Å². The van der Waals surface area contributed by atoms with Crippen LogP contribution in [0, 0.1) is 5.82 Å². The molecule has 2 atom stereocenters. The fourth-order valence-corrected chi connectivity index (χ4v) is 4.73. The van der Waals surface area contributed by atoms with Gasteiger partial charge in [-0.25, -0.2) is 4.39 Å². The highest BCUT2D eigenvalue weighted by Gasteiger charge is 2.53. The molecular weight excluding hydrogens is 530 g/mol. The van der Waals surface area contributed by atoms with Gasteiger partial charge in [0.15, 0.2) is 0 Å². The molecule has 4 rings (SSSR count). The van der Waals surface area contributed by atoms with Gasteiger partial charge < -0.3 is 16.0 Å². The number of nitrogens with one attached hydrogen (secondary N) is 3. The maximum atomic E-state index is 14.7. The van der Waals surface area contributed by atoms with Gasteiger partial charge >= 0.3 is 6.18 Å². The van der Waals surface area contributed by atoms with Crippen molar-refractivity contribution >= 4 is 27.7 Å². The molecule has 2 amide bonds. The molecule has 0 unspecified atom stereocenters. The smallest absolute Gasteiger partial charge is 0.350 e. The van der Waals surface area contributed by atoms with E-state index in [2.05, 4.69) is 31.9 Å². The van der Waals surface area contributed by atoms with Gasteiger partial charge in [-0.15, -0.1) is 0 Å². The van der Waals surface area contributed by atoms with Crippen LogP contribution in [0.15, 0.2) is 46.9 Å². The fourth-order valence-electron chi connectivity index (χ4n) is 4.46. The predicted octanol–water partition coefficient (Wildman–Crippen LogP) is 4.23. The number of rotatable bonds is 7. The van der Waals surface area contributed by atoms with Crippen molar-refractivity contribution < 1.29 is 27.2 Å². The quantitative estimate of drug-likeness (QED) is 0.448. The average molecular weight is 556 g/mol. The minimum Gasteiger partial charge on any atom is -0.350 e. The summed E-state index contributed by atoms with van der Waals surface area (Å²) in [7, 11) is 0. The lowest BCUT2D eigenvalue weighted by Crippen LogP contribution is -2.55. The van der Waals surface area contributed by atoms with Crippen molar-refractivity contribution in [3.63, 3.8) is 0 Å². The van der Waals surface area contributed by atoms with Crippen LogP contribution in [-0.2, 0) is 27.6 Å². The molecule has 35 heavy (non-hydrogen) atoms. The van der Waals surface area contributed by atoms with Gasteiger partial charge in [-0.2, -0.15) is 13.2 Å². The van der Waals surface area contributed by atoms with Crippen LogP contribution in [0.2, 0.25) is 0 Å². The van der Waals surface area contributed by atoms with Gasteiger partial charge in [0.05, 0.1) is 11.0 Å². The van der Waals surface area contributed by atoms with E-state index in [0.717, 1.165) is 41.6 Å². The van der Waals surface area contributed by atoms with E-state index >= 15 is 0 Å². The number of carbonyl (C=O) groups is 2. The Morgan fingerprint density at radius 2 is 1.86 bits per heavy atom. The summed E-state index contributed by atoms with van der Waals surface area (Å²) in [5.41, 5.74) is -1.65. The van der Waals surface area contributed by atoms with Crippen molar-refractivity contribution in [1.82, 2.24) is 16.0 Å². The van der Waals surface area contributed by atoms with Crippen molar-refractivity contribution in [3.05, 3.63) is 69.4 Å². The van der Waals surface area contributed by atoms with Crippen LogP contribution >= 0.6 is 15.9 Å². The Labute approximate surface area is 209 Å². The molecule has 0 aromatic heterocycles. The summed E-state index contributed by atoms with van der Waals surface area (Å²) < 4.78 is 54.4. The van der Waals surface area contributed by atoms with E-state index in [0.29, 0.717) is 25.5 Å². The van der Waals surface area contributed by atoms with Gasteiger partial charge in [-0.3, -0.25) is 9.59 Å². The van der Waals surface area contributed by atoms with Crippen molar-refractivity contribution in [3.8, 4) is 0 Å². The SMILES string of the molecule is O=C(N[C@@H]1CCCNC1)[C@H](Cc1ccc(Br)cc1)NC(=O)C1(c2ccc(C(F)(F)F)cc2F)CC1. The second-order valence-electron chi connectivity index (χ2n) is 9.18. The van der Waals surface area contributed by atoms with Gasteiger partial charge in [-0.1, -0.05) is 34.1 Å². The third-order valence-corrected chi connectivity index (χ3v) is 7.14. The lowest BCUT2D eigenvalue weighted by Gasteiger charge is -2.28. The Morgan fingerprint density at radius 3 is 2.43 bits per heavy atom. The Morgan fingerprint density at radius 1 is 1.14 bits per heavy atom. The van der Waals surface area contributed by atoms with Crippen LogP contribution < -0.4 is 16.0 Å².